The average Bonchev–Trinajstić information content (AvgIpc) is 2.87. The summed E-state index contributed by atoms with van der Waals surface area (Å²) < 4.78 is 6.00. The Morgan fingerprint density at radius 2 is 1.91 bits per heavy atom. The van der Waals surface area contributed by atoms with Crippen LogP contribution in [0.2, 0.25) is 5.02 Å². The van der Waals surface area contributed by atoms with Gasteiger partial charge in [0.05, 0.1) is 10.7 Å². The molecule has 0 N–H and O–H groups in total. The van der Waals surface area contributed by atoms with E-state index in [1.165, 1.54) is 0 Å². The van der Waals surface area contributed by atoms with E-state index >= 15 is 0 Å². The van der Waals surface area contributed by atoms with Gasteiger partial charge in [-0.1, -0.05) is 23.7 Å². The normalized spacial score (nSPS) is 11.4. The van der Waals surface area contributed by atoms with Crippen molar-refractivity contribution in [1.82, 2.24) is 9.97 Å². The minimum absolute atomic E-state index is 0.660. The third-order valence-electron chi connectivity index (χ3n) is 3.83. The number of benzene rings is 1. The molecule has 0 atom stereocenters. The minimum Gasteiger partial charge on any atom is -0.437 e. The average molecular weight is 309 g/mol. The molecule has 0 bridgehead atoms. The molecule has 3 heterocycles. The highest BCUT2D eigenvalue weighted by molar-refractivity contribution is 6.31. The zero-order valence-electron chi connectivity index (χ0n) is 12.2. The number of furan rings is 1. The van der Waals surface area contributed by atoms with Crippen LogP contribution >= 0.6 is 11.6 Å². The second-order valence-electron chi connectivity index (χ2n) is 5.41. The van der Waals surface area contributed by atoms with E-state index in [2.05, 4.69) is 9.97 Å². The lowest BCUT2D eigenvalue weighted by Gasteiger charge is -2.04. The van der Waals surface area contributed by atoms with E-state index in [1.807, 2.05) is 50.2 Å². The maximum atomic E-state index is 6.07. The van der Waals surface area contributed by atoms with Crippen molar-refractivity contribution in [2.24, 2.45) is 0 Å². The highest BCUT2D eigenvalue weighted by atomic mass is 35.5. The summed E-state index contributed by atoms with van der Waals surface area (Å²) in [5, 5.41) is 2.74. The van der Waals surface area contributed by atoms with Gasteiger partial charge in [0.25, 0.3) is 0 Å². The van der Waals surface area contributed by atoms with Crippen molar-refractivity contribution in [2.45, 2.75) is 13.8 Å². The zero-order valence-corrected chi connectivity index (χ0v) is 13.0. The fraction of sp³-hybridized carbons (Fsp3) is 0.111. The Kier molecular flexibility index (Phi) is 2.91. The number of fused-ring (bicyclic) bond motifs is 3. The fourth-order valence-electron chi connectivity index (χ4n) is 2.66. The van der Waals surface area contributed by atoms with Gasteiger partial charge in [-0.15, -0.1) is 0 Å². The number of pyridine rings is 2. The molecule has 0 aliphatic heterocycles. The molecule has 4 heteroatoms. The number of nitrogens with zero attached hydrogens (tertiary/aromatic N) is 2. The fourth-order valence-corrected chi connectivity index (χ4v) is 2.76. The lowest BCUT2D eigenvalue weighted by atomic mass is 10.1. The van der Waals surface area contributed by atoms with Gasteiger partial charge in [-0.25, -0.2) is 4.98 Å². The van der Waals surface area contributed by atoms with Crippen LogP contribution in [0.15, 0.2) is 47.0 Å². The lowest BCUT2D eigenvalue weighted by molar-refractivity contribution is 0.653. The van der Waals surface area contributed by atoms with Gasteiger partial charge >= 0.3 is 0 Å². The van der Waals surface area contributed by atoms with E-state index in [9.17, 15) is 0 Å². The number of aromatic nitrogens is 2. The first kappa shape index (κ1) is 13.3. The molecule has 4 rings (SSSR count). The zero-order chi connectivity index (χ0) is 15.3. The molecule has 22 heavy (non-hydrogen) atoms. The molecular weight excluding hydrogens is 296 g/mol. The molecule has 3 aromatic heterocycles. The summed E-state index contributed by atoms with van der Waals surface area (Å²) in [4.78, 5) is 8.91. The van der Waals surface area contributed by atoms with Crippen molar-refractivity contribution in [1.29, 1.82) is 0 Å². The molecule has 0 saturated carbocycles. The standard InChI is InChI=1S/C18H13ClN2O/c1-10-8-16(20-9-15(10)19)14-5-3-4-12-13-7-6-11(2)21-18(13)22-17(12)14/h3-9H,1-2H3. The number of para-hydroxylation sites is 1. The van der Waals surface area contributed by atoms with Crippen molar-refractivity contribution >= 4 is 33.7 Å². The number of halogens is 1. The van der Waals surface area contributed by atoms with Gasteiger partial charge in [-0.3, -0.25) is 4.98 Å². The molecule has 0 unspecified atom stereocenters. The second-order valence-corrected chi connectivity index (χ2v) is 5.82. The van der Waals surface area contributed by atoms with Gasteiger partial charge in [-0.05, 0) is 43.7 Å². The molecule has 0 aliphatic rings. The van der Waals surface area contributed by atoms with Gasteiger partial charge in [-0.2, -0.15) is 0 Å². The third kappa shape index (κ3) is 1.97. The Morgan fingerprint density at radius 3 is 2.73 bits per heavy atom. The minimum atomic E-state index is 0.660. The molecule has 0 saturated heterocycles. The number of aryl methyl sites for hydroxylation is 2. The van der Waals surface area contributed by atoms with Crippen molar-refractivity contribution in [3.8, 4) is 11.3 Å². The van der Waals surface area contributed by atoms with Gasteiger partial charge < -0.3 is 4.42 Å². The smallest absolute Gasteiger partial charge is 0.227 e. The topological polar surface area (TPSA) is 38.9 Å². The summed E-state index contributed by atoms with van der Waals surface area (Å²) in [5.74, 6) is 0. The van der Waals surface area contributed by atoms with Gasteiger partial charge in [0, 0.05) is 28.2 Å². The van der Waals surface area contributed by atoms with E-state index in [1.54, 1.807) is 6.20 Å². The molecule has 0 radical (unpaired) electrons. The van der Waals surface area contributed by atoms with E-state index in [0.717, 1.165) is 38.9 Å². The largest absolute Gasteiger partial charge is 0.437 e. The second kappa shape index (κ2) is 4.82. The number of rotatable bonds is 1. The Hall–Kier alpha value is -2.39. The molecule has 1 aromatic carbocycles. The maximum absolute atomic E-state index is 6.07. The summed E-state index contributed by atoms with van der Waals surface area (Å²) in [7, 11) is 0. The van der Waals surface area contributed by atoms with E-state index in [0.29, 0.717) is 10.7 Å². The van der Waals surface area contributed by atoms with Crippen LogP contribution in [0.5, 0.6) is 0 Å². The maximum Gasteiger partial charge on any atom is 0.227 e. The first-order chi connectivity index (χ1) is 10.6. The summed E-state index contributed by atoms with van der Waals surface area (Å²) in [6.07, 6.45) is 1.68. The highest BCUT2D eigenvalue weighted by Gasteiger charge is 2.14. The van der Waals surface area contributed by atoms with Crippen LogP contribution in [-0.4, -0.2) is 9.97 Å². The Morgan fingerprint density at radius 1 is 1.05 bits per heavy atom. The highest BCUT2D eigenvalue weighted by Crippen LogP contribution is 2.35. The predicted octanol–water partition coefficient (Wildman–Crippen LogP) is 5.31. The first-order valence-corrected chi connectivity index (χ1v) is 7.42. The van der Waals surface area contributed by atoms with Gasteiger partial charge in [0.1, 0.15) is 5.58 Å². The molecule has 0 amide bonds. The van der Waals surface area contributed by atoms with E-state index in [4.69, 9.17) is 16.0 Å². The summed E-state index contributed by atoms with van der Waals surface area (Å²) in [6, 6.07) is 12.1. The summed E-state index contributed by atoms with van der Waals surface area (Å²) >= 11 is 6.07. The Bertz CT molecular complexity index is 1020. The Labute approximate surface area is 132 Å². The van der Waals surface area contributed by atoms with E-state index in [-0.39, 0.29) is 0 Å². The molecular formula is C18H13ClN2O. The first-order valence-electron chi connectivity index (χ1n) is 7.05. The quantitative estimate of drug-likeness (QED) is 0.478. The van der Waals surface area contributed by atoms with Crippen LogP contribution < -0.4 is 0 Å². The van der Waals surface area contributed by atoms with Crippen molar-refractivity contribution in [3.05, 3.63) is 58.9 Å². The summed E-state index contributed by atoms with van der Waals surface area (Å²) in [5.41, 5.74) is 5.21. The predicted molar refractivity (Wildman–Crippen MR) is 89.2 cm³/mol. The third-order valence-corrected chi connectivity index (χ3v) is 4.22. The van der Waals surface area contributed by atoms with Crippen molar-refractivity contribution in [3.63, 3.8) is 0 Å². The molecule has 0 fully saturated rings. The molecule has 0 spiro atoms. The number of hydrogen-bond donors (Lipinski definition) is 0. The summed E-state index contributed by atoms with van der Waals surface area (Å²) in [6.45, 7) is 3.93. The molecule has 3 nitrogen and oxygen atoms in total. The van der Waals surface area contributed by atoms with Gasteiger partial charge in [0.15, 0.2) is 0 Å². The van der Waals surface area contributed by atoms with Crippen molar-refractivity contribution in [2.75, 3.05) is 0 Å². The van der Waals surface area contributed by atoms with Crippen LogP contribution in [0.1, 0.15) is 11.3 Å². The number of hydrogen-bond acceptors (Lipinski definition) is 3. The van der Waals surface area contributed by atoms with Gasteiger partial charge in [0.2, 0.25) is 5.71 Å². The van der Waals surface area contributed by atoms with Crippen LogP contribution in [0, 0.1) is 13.8 Å². The Balaban J connectivity index is 2.05. The lowest BCUT2D eigenvalue weighted by Crippen LogP contribution is -1.86. The molecule has 108 valence electrons. The SMILES string of the molecule is Cc1ccc2c(n1)oc1c(-c3cc(C)c(Cl)cn3)cccc12. The van der Waals surface area contributed by atoms with Crippen LogP contribution in [-0.2, 0) is 0 Å². The molecule has 4 aromatic rings. The van der Waals surface area contributed by atoms with Crippen LogP contribution in [0.25, 0.3) is 33.3 Å². The van der Waals surface area contributed by atoms with Crippen LogP contribution in [0.3, 0.4) is 0 Å². The van der Waals surface area contributed by atoms with Crippen LogP contribution in [0.4, 0.5) is 0 Å². The molecule has 0 aliphatic carbocycles. The monoisotopic (exact) mass is 308 g/mol. The van der Waals surface area contributed by atoms with Crippen molar-refractivity contribution < 1.29 is 4.42 Å². The van der Waals surface area contributed by atoms with E-state index < -0.39 is 0 Å².